The second-order valence-electron chi connectivity index (χ2n) is 3.40. The molecule has 1 saturated heterocycles. The molecule has 0 amide bonds. The lowest BCUT2D eigenvalue weighted by Crippen LogP contribution is -2.46. The summed E-state index contributed by atoms with van der Waals surface area (Å²) in [5, 5.41) is 11.6. The monoisotopic (exact) mass is 190 g/mol. The van der Waals surface area contributed by atoms with Crippen molar-refractivity contribution in [2.75, 3.05) is 13.1 Å². The van der Waals surface area contributed by atoms with Crippen LogP contribution in [0, 0.1) is 5.92 Å². The number of aliphatic carboxylic acids is 1. The summed E-state index contributed by atoms with van der Waals surface area (Å²) in [6.07, 6.45) is -0.0794. The fourth-order valence-electron chi connectivity index (χ4n) is 1.59. The molecule has 5 heteroatoms. The van der Waals surface area contributed by atoms with Gasteiger partial charge in [-0.2, -0.15) is 0 Å². The standard InChI is InChI=1S/C8H15FN2O2/c9-6(7(10)8(12)13)5-1-3-11-4-2-5/h5-7,11H,1-4,10H2,(H,12,13). The smallest absolute Gasteiger partial charge is 0.323 e. The van der Waals surface area contributed by atoms with Gasteiger partial charge in [-0.1, -0.05) is 0 Å². The number of carboxylic acid groups (broad SMARTS) is 1. The number of nitrogens with one attached hydrogen (secondary N) is 1. The molecule has 1 aliphatic rings. The first-order valence-electron chi connectivity index (χ1n) is 4.46. The highest BCUT2D eigenvalue weighted by Crippen LogP contribution is 2.20. The Hall–Kier alpha value is -0.680. The van der Waals surface area contributed by atoms with Crippen molar-refractivity contribution < 1.29 is 14.3 Å². The Morgan fingerprint density at radius 2 is 2.08 bits per heavy atom. The molecule has 1 aliphatic heterocycles. The van der Waals surface area contributed by atoms with E-state index in [9.17, 15) is 9.18 Å². The highest BCUT2D eigenvalue weighted by molar-refractivity contribution is 5.73. The van der Waals surface area contributed by atoms with Crippen molar-refractivity contribution in [1.29, 1.82) is 0 Å². The van der Waals surface area contributed by atoms with E-state index in [4.69, 9.17) is 10.8 Å². The van der Waals surface area contributed by atoms with Gasteiger partial charge < -0.3 is 16.2 Å². The van der Waals surface area contributed by atoms with Gasteiger partial charge >= 0.3 is 5.97 Å². The molecule has 0 saturated carbocycles. The first-order valence-corrected chi connectivity index (χ1v) is 4.46. The minimum absolute atomic E-state index is 0.202. The van der Waals surface area contributed by atoms with Crippen LogP contribution >= 0.6 is 0 Å². The maximum absolute atomic E-state index is 13.4. The van der Waals surface area contributed by atoms with Gasteiger partial charge in [-0.3, -0.25) is 4.79 Å². The molecule has 1 heterocycles. The Bertz CT molecular complexity index is 183. The van der Waals surface area contributed by atoms with Gasteiger partial charge in [0.15, 0.2) is 0 Å². The molecule has 0 aromatic heterocycles. The van der Waals surface area contributed by atoms with E-state index in [-0.39, 0.29) is 5.92 Å². The number of alkyl halides is 1. The molecule has 0 radical (unpaired) electrons. The predicted molar refractivity (Wildman–Crippen MR) is 46.1 cm³/mol. The minimum atomic E-state index is -1.42. The van der Waals surface area contributed by atoms with Crippen LogP contribution in [0.5, 0.6) is 0 Å². The zero-order valence-corrected chi connectivity index (χ0v) is 7.37. The number of carbonyl (C=O) groups is 1. The first kappa shape index (κ1) is 10.4. The Balaban J connectivity index is 2.44. The lowest BCUT2D eigenvalue weighted by molar-refractivity contribution is -0.140. The SMILES string of the molecule is NC(C(=O)O)C(F)C1CCNCC1. The van der Waals surface area contributed by atoms with Crippen LogP contribution in [0.25, 0.3) is 0 Å². The summed E-state index contributed by atoms with van der Waals surface area (Å²) in [7, 11) is 0. The van der Waals surface area contributed by atoms with Crippen LogP contribution in [0.3, 0.4) is 0 Å². The zero-order valence-electron chi connectivity index (χ0n) is 7.37. The van der Waals surface area contributed by atoms with E-state index in [0.717, 1.165) is 13.1 Å². The van der Waals surface area contributed by atoms with Gasteiger partial charge in [0.05, 0.1) is 0 Å². The van der Waals surface area contributed by atoms with E-state index in [1.54, 1.807) is 0 Å². The summed E-state index contributed by atoms with van der Waals surface area (Å²) in [6.45, 7) is 1.49. The van der Waals surface area contributed by atoms with E-state index in [1.165, 1.54) is 0 Å². The molecule has 2 atom stereocenters. The number of nitrogens with two attached hydrogens (primary N) is 1. The third kappa shape index (κ3) is 2.63. The van der Waals surface area contributed by atoms with E-state index in [0.29, 0.717) is 12.8 Å². The van der Waals surface area contributed by atoms with Crippen molar-refractivity contribution in [1.82, 2.24) is 5.32 Å². The summed E-state index contributed by atoms with van der Waals surface area (Å²) in [5.41, 5.74) is 5.20. The molecule has 76 valence electrons. The van der Waals surface area contributed by atoms with Gasteiger partial charge in [-0.15, -0.1) is 0 Å². The largest absolute Gasteiger partial charge is 0.480 e. The fourth-order valence-corrected chi connectivity index (χ4v) is 1.59. The Labute approximate surface area is 76.3 Å². The van der Waals surface area contributed by atoms with Crippen LogP contribution < -0.4 is 11.1 Å². The highest BCUT2D eigenvalue weighted by Gasteiger charge is 2.32. The van der Waals surface area contributed by atoms with E-state index in [1.807, 2.05) is 0 Å². The van der Waals surface area contributed by atoms with Crippen molar-refractivity contribution >= 4 is 5.97 Å². The number of hydrogen-bond donors (Lipinski definition) is 3. The summed E-state index contributed by atoms with van der Waals surface area (Å²) in [4.78, 5) is 10.4. The average Bonchev–Trinajstić information content (AvgIpc) is 2.17. The maximum atomic E-state index is 13.4. The maximum Gasteiger partial charge on any atom is 0.323 e. The van der Waals surface area contributed by atoms with Crippen molar-refractivity contribution in [2.45, 2.75) is 25.1 Å². The number of rotatable bonds is 3. The average molecular weight is 190 g/mol. The fraction of sp³-hybridized carbons (Fsp3) is 0.875. The van der Waals surface area contributed by atoms with Crippen LogP contribution in [0.4, 0.5) is 4.39 Å². The third-order valence-electron chi connectivity index (χ3n) is 2.46. The molecule has 4 nitrogen and oxygen atoms in total. The molecular formula is C8H15FN2O2. The van der Waals surface area contributed by atoms with Crippen molar-refractivity contribution in [3.63, 3.8) is 0 Å². The predicted octanol–water partition coefficient (Wildman–Crippen LogP) is -0.264. The van der Waals surface area contributed by atoms with E-state index < -0.39 is 18.2 Å². The highest BCUT2D eigenvalue weighted by atomic mass is 19.1. The first-order chi connectivity index (χ1) is 6.13. The Morgan fingerprint density at radius 3 is 2.54 bits per heavy atom. The number of piperidine rings is 1. The topological polar surface area (TPSA) is 75.4 Å². The summed E-state index contributed by atoms with van der Waals surface area (Å²) in [6, 6.07) is -1.37. The third-order valence-corrected chi connectivity index (χ3v) is 2.46. The van der Waals surface area contributed by atoms with E-state index in [2.05, 4.69) is 5.32 Å². The molecule has 13 heavy (non-hydrogen) atoms. The Morgan fingerprint density at radius 1 is 1.54 bits per heavy atom. The van der Waals surface area contributed by atoms with Gasteiger partial charge in [-0.05, 0) is 31.8 Å². The number of halogens is 1. The van der Waals surface area contributed by atoms with Crippen LogP contribution in [0.2, 0.25) is 0 Å². The molecule has 0 aliphatic carbocycles. The lowest BCUT2D eigenvalue weighted by Gasteiger charge is -2.27. The molecule has 2 unspecified atom stereocenters. The van der Waals surface area contributed by atoms with E-state index >= 15 is 0 Å². The Kier molecular flexibility index (Phi) is 3.62. The molecular weight excluding hydrogens is 175 g/mol. The quantitative estimate of drug-likeness (QED) is 0.573. The summed E-state index contributed by atoms with van der Waals surface area (Å²) < 4.78 is 13.4. The van der Waals surface area contributed by atoms with Crippen molar-refractivity contribution in [3.05, 3.63) is 0 Å². The van der Waals surface area contributed by atoms with Gasteiger partial charge in [0.2, 0.25) is 0 Å². The molecule has 1 fully saturated rings. The van der Waals surface area contributed by atoms with Crippen LogP contribution in [-0.2, 0) is 4.79 Å². The zero-order chi connectivity index (χ0) is 9.84. The lowest BCUT2D eigenvalue weighted by atomic mass is 9.89. The summed E-state index contributed by atoms with van der Waals surface area (Å²) >= 11 is 0. The number of hydrogen-bond acceptors (Lipinski definition) is 3. The second-order valence-corrected chi connectivity index (χ2v) is 3.40. The number of carboxylic acids is 1. The molecule has 0 aromatic rings. The molecule has 4 N–H and O–H groups in total. The van der Waals surface area contributed by atoms with Crippen LogP contribution in [-0.4, -0.2) is 36.4 Å². The van der Waals surface area contributed by atoms with Gasteiger partial charge in [0.1, 0.15) is 12.2 Å². The van der Waals surface area contributed by atoms with Gasteiger partial charge in [0, 0.05) is 0 Å². The molecule has 0 aromatic carbocycles. The second kappa shape index (κ2) is 4.53. The van der Waals surface area contributed by atoms with Crippen LogP contribution in [0.1, 0.15) is 12.8 Å². The molecule has 0 spiro atoms. The molecule has 0 bridgehead atoms. The van der Waals surface area contributed by atoms with Crippen LogP contribution in [0.15, 0.2) is 0 Å². The van der Waals surface area contributed by atoms with Gasteiger partial charge in [-0.25, -0.2) is 4.39 Å². The minimum Gasteiger partial charge on any atom is -0.480 e. The van der Waals surface area contributed by atoms with Gasteiger partial charge in [0.25, 0.3) is 0 Å². The normalized spacial score (nSPS) is 23.8. The van der Waals surface area contributed by atoms with Crippen molar-refractivity contribution in [3.8, 4) is 0 Å². The van der Waals surface area contributed by atoms with Crippen molar-refractivity contribution in [2.24, 2.45) is 11.7 Å². The molecule has 1 rings (SSSR count). The summed E-state index contributed by atoms with van der Waals surface area (Å²) in [5.74, 6) is -1.46.